The van der Waals surface area contributed by atoms with E-state index in [1.807, 2.05) is 6.92 Å². The highest BCUT2D eigenvalue weighted by molar-refractivity contribution is 5.96. The predicted octanol–water partition coefficient (Wildman–Crippen LogP) is 2.34. The molecule has 0 unspecified atom stereocenters. The molecule has 1 aliphatic rings. The third-order valence-electron chi connectivity index (χ3n) is 4.48. The first-order valence-electron chi connectivity index (χ1n) is 9.05. The van der Waals surface area contributed by atoms with E-state index in [1.165, 1.54) is 12.1 Å². The van der Waals surface area contributed by atoms with Crippen LogP contribution in [0.15, 0.2) is 18.2 Å². The van der Waals surface area contributed by atoms with Gasteiger partial charge in [-0.15, -0.1) is 5.10 Å². The number of nitro groups is 1. The van der Waals surface area contributed by atoms with Gasteiger partial charge in [-0.3, -0.25) is 10.1 Å². The largest absolute Gasteiger partial charge is 0.454 e. The van der Waals surface area contributed by atoms with Gasteiger partial charge < -0.3 is 9.64 Å². The highest BCUT2D eigenvalue weighted by atomic mass is 16.6. The van der Waals surface area contributed by atoms with Crippen molar-refractivity contribution in [3.05, 3.63) is 39.7 Å². The molecule has 0 spiro atoms. The zero-order valence-corrected chi connectivity index (χ0v) is 15.2. The van der Waals surface area contributed by atoms with Crippen molar-refractivity contribution < 1.29 is 14.5 Å². The molecule has 0 saturated carbocycles. The number of carbonyl (C=O) groups excluding carboxylic acids is 1. The van der Waals surface area contributed by atoms with Gasteiger partial charge >= 0.3 is 5.97 Å². The van der Waals surface area contributed by atoms with Gasteiger partial charge in [0.25, 0.3) is 5.69 Å². The lowest BCUT2D eigenvalue weighted by atomic mass is 10.1. The monoisotopic (exact) mass is 374 g/mol. The third-order valence-corrected chi connectivity index (χ3v) is 4.48. The van der Waals surface area contributed by atoms with Crippen LogP contribution in [0.3, 0.4) is 0 Å². The number of benzene rings is 1. The molecule has 10 heteroatoms. The number of tetrazole rings is 1. The Balaban J connectivity index is 1.81. The van der Waals surface area contributed by atoms with Crippen LogP contribution < -0.4 is 4.90 Å². The number of hydrogen-bond donors (Lipinski definition) is 0. The van der Waals surface area contributed by atoms with Crippen LogP contribution in [0.1, 0.15) is 48.8 Å². The molecule has 0 N–H and O–H groups in total. The van der Waals surface area contributed by atoms with Crippen LogP contribution in [0.5, 0.6) is 0 Å². The first-order valence-corrected chi connectivity index (χ1v) is 9.05. The molecular formula is C17H22N6O4. The number of anilines is 1. The van der Waals surface area contributed by atoms with Crippen LogP contribution in [0.25, 0.3) is 0 Å². The normalized spacial score (nSPS) is 14.2. The van der Waals surface area contributed by atoms with Crippen molar-refractivity contribution in [2.75, 3.05) is 18.0 Å². The van der Waals surface area contributed by atoms with Crippen LogP contribution in [0, 0.1) is 10.1 Å². The molecule has 0 bridgehead atoms. The highest BCUT2D eigenvalue weighted by Gasteiger charge is 2.23. The van der Waals surface area contributed by atoms with Gasteiger partial charge in [-0.1, -0.05) is 6.92 Å². The van der Waals surface area contributed by atoms with Gasteiger partial charge in [0.15, 0.2) is 12.4 Å². The number of hydrogen-bond acceptors (Lipinski definition) is 8. The highest BCUT2D eigenvalue weighted by Crippen LogP contribution is 2.28. The Hall–Kier alpha value is -3.04. The van der Waals surface area contributed by atoms with Crippen molar-refractivity contribution in [3.63, 3.8) is 0 Å². The second-order valence-corrected chi connectivity index (χ2v) is 6.40. The Bertz CT molecular complexity index is 816. The maximum atomic E-state index is 12.7. The van der Waals surface area contributed by atoms with Crippen molar-refractivity contribution in [2.24, 2.45) is 0 Å². The third kappa shape index (κ3) is 4.39. The van der Waals surface area contributed by atoms with E-state index in [9.17, 15) is 14.9 Å². The lowest BCUT2D eigenvalue weighted by molar-refractivity contribution is -0.384. The van der Waals surface area contributed by atoms with Gasteiger partial charge in [-0.05, 0) is 42.2 Å². The fraction of sp³-hybridized carbons (Fsp3) is 0.529. The summed E-state index contributed by atoms with van der Waals surface area (Å²) in [5, 5.41) is 22.4. The standard InChI is InChI=1S/C17H22N6O4/c1-2-8-22-16(18-19-20-22)12-27-17(24)14-11-13(23(25)26)6-7-15(14)21-9-4-3-5-10-21/h6-7,11H,2-5,8-10,12H2,1H3. The van der Waals surface area contributed by atoms with E-state index in [0.29, 0.717) is 18.1 Å². The summed E-state index contributed by atoms with van der Waals surface area (Å²) in [4.78, 5) is 25.4. The summed E-state index contributed by atoms with van der Waals surface area (Å²) < 4.78 is 6.95. The van der Waals surface area contributed by atoms with E-state index >= 15 is 0 Å². The molecule has 0 atom stereocenters. The number of non-ortho nitro benzene ring substituents is 1. The van der Waals surface area contributed by atoms with Crippen molar-refractivity contribution in [3.8, 4) is 0 Å². The fourth-order valence-corrected chi connectivity index (χ4v) is 3.13. The van der Waals surface area contributed by atoms with Crippen LogP contribution in [-0.2, 0) is 17.9 Å². The molecule has 1 fully saturated rings. The molecule has 27 heavy (non-hydrogen) atoms. The summed E-state index contributed by atoms with van der Waals surface area (Å²) in [6.45, 7) is 4.15. The zero-order valence-electron chi connectivity index (χ0n) is 15.2. The zero-order chi connectivity index (χ0) is 19.2. The molecule has 1 aliphatic heterocycles. The van der Waals surface area contributed by atoms with Crippen LogP contribution >= 0.6 is 0 Å². The lowest BCUT2D eigenvalue weighted by Gasteiger charge is -2.30. The minimum Gasteiger partial charge on any atom is -0.454 e. The summed E-state index contributed by atoms with van der Waals surface area (Å²) in [5.41, 5.74) is 0.720. The first kappa shape index (κ1) is 18.7. The number of rotatable bonds is 7. The van der Waals surface area contributed by atoms with Crippen molar-refractivity contribution in [2.45, 2.75) is 45.8 Å². The van der Waals surface area contributed by atoms with E-state index in [1.54, 1.807) is 10.7 Å². The van der Waals surface area contributed by atoms with E-state index in [2.05, 4.69) is 20.4 Å². The molecule has 0 amide bonds. The molecule has 10 nitrogen and oxygen atoms in total. The van der Waals surface area contributed by atoms with Gasteiger partial charge in [0.1, 0.15) is 0 Å². The summed E-state index contributed by atoms with van der Waals surface area (Å²) in [7, 11) is 0. The van der Waals surface area contributed by atoms with Crippen molar-refractivity contribution >= 4 is 17.3 Å². The second kappa shape index (κ2) is 8.56. The fourth-order valence-electron chi connectivity index (χ4n) is 3.13. The molecule has 1 saturated heterocycles. The number of nitrogens with zero attached hydrogens (tertiary/aromatic N) is 6. The summed E-state index contributed by atoms with van der Waals surface area (Å²) in [6.07, 6.45) is 4.04. The minimum atomic E-state index is -0.620. The lowest BCUT2D eigenvalue weighted by Crippen LogP contribution is -2.31. The van der Waals surface area contributed by atoms with Gasteiger partial charge in [0.05, 0.1) is 16.2 Å². The molecule has 1 aromatic carbocycles. The Labute approximate surface area is 156 Å². The average Bonchev–Trinajstić information content (AvgIpc) is 3.13. The topological polar surface area (TPSA) is 116 Å². The number of aryl methyl sites for hydroxylation is 1. The van der Waals surface area contributed by atoms with Crippen LogP contribution in [-0.4, -0.2) is 44.2 Å². The molecule has 144 valence electrons. The number of ether oxygens (including phenoxy) is 1. The maximum absolute atomic E-state index is 12.7. The number of aromatic nitrogens is 4. The van der Waals surface area contributed by atoms with E-state index in [4.69, 9.17) is 4.74 Å². The summed E-state index contributed by atoms with van der Waals surface area (Å²) in [6, 6.07) is 4.32. The van der Waals surface area contributed by atoms with Gasteiger partial charge in [0, 0.05) is 31.8 Å². The van der Waals surface area contributed by atoms with Gasteiger partial charge in [-0.25, -0.2) is 9.48 Å². The summed E-state index contributed by atoms with van der Waals surface area (Å²) in [5.74, 6) is -0.180. The maximum Gasteiger partial charge on any atom is 0.340 e. The Morgan fingerprint density at radius 2 is 2.07 bits per heavy atom. The quantitative estimate of drug-likeness (QED) is 0.412. The van der Waals surface area contributed by atoms with E-state index in [0.717, 1.165) is 38.8 Å². The van der Waals surface area contributed by atoms with Crippen molar-refractivity contribution in [1.29, 1.82) is 0 Å². The molecule has 2 aromatic rings. The summed E-state index contributed by atoms with van der Waals surface area (Å²) >= 11 is 0. The number of esters is 1. The Morgan fingerprint density at radius 3 is 2.78 bits per heavy atom. The molecular weight excluding hydrogens is 352 g/mol. The predicted molar refractivity (Wildman–Crippen MR) is 96.4 cm³/mol. The Kier molecular flexibility index (Phi) is 5.94. The molecule has 3 rings (SSSR count). The van der Waals surface area contributed by atoms with Gasteiger partial charge in [-0.2, -0.15) is 0 Å². The molecule has 0 aliphatic carbocycles. The second-order valence-electron chi connectivity index (χ2n) is 6.40. The number of nitro benzene ring substituents is 1. The van der Waals surface area contributed by atoms with E-state index in [-0.39, 0.29) is 17.9 Å². The number of carbonyl (C=O) groups is 1. The average molecular weight is 374 g/mol. The van der Waals surface area contributed by atoms with Crippen LogP contribution in [0.2, 0.25) is 0 Å². The smallest absolute Gasteiger partial charge is 0.340 e. The van der Waals surface area contributed by atoms with Crippen molar-refractivity contribution in [1.82, 2.24) is 20.2 Å². The SMILES string of the molecule is CCCn1nnnc1COC(=O)c1cc([N+](=O)[O-])ccc1N1CCCCC1. The van der Waals surface area contributed by atoms with E-state index < -0.39 is 10.9 Å². The molecule has 0 radical (unpaired) electrons. The molecule has 1 aromatic heterocycles. The number of piperidine rings is 1. The molecule has 2 heterocycles. The first-order chi connectivity index (χ1) is 13.1. The van der Waals surface area contributed by atoms with Crippen LogP contribution in [0.4, 0.5) is 11.4 Å². The minimum absolute atomic E-state index is 0.0893. The van der Waals surface area contributed by atoms with Gasteiger partial charge in [0.2, 0.25) is 0 Å². The Morgan fingerprint density at radius 1 is 1.30 bits per heavy atom.